The van der Waals surface area contributed by atoms with Crippen LogP contribution < -0.4 is 0 Å². The van der Waals surface area contributed by atoms with Crippen LogP contribution in [0.4, 0.5) is 0 Å². The van der Waals surface area contributed by atoms with E-state index in [0.717, 1.165) is 25.0 Å². The second-order valence-corrected chi connectivity index (χ2v) is 4.77. The zero-order valence-corrected chi connectivity index (χ0v) is 12.5. The quantitative estimate of drug-likeness (QED) is 0.324. The lowest BCUT2D eigenvalue weighted by Crippen LogP contribution is -1.97. The third-order valence-electron chi connectivity index (χ3n) is 3.06. The van der Waals surface area contributed by atoms with Crippen molar-refractivity contribution in [1.29, 1.82) is 0 Å². The smallest absolute Gasteiger partial charge is 0.330 e. The summed E-state index contributed by atoms with van der Waals surface area (Å²) in [5.74, 6) is -0.298. The van der Waals surface area contributed by atoms with Gasteiger partial charge in [0.15, 0.2) is 0 Å². The van der Waals surface area contributed by atoms with Gasteiger partial charge in [-0.2, -0.15) is 0 Å². The molecule has 3 heteroatoms. The average molecular weight is 273 g/mol. The molecule has 108 valence electrons. The van der Waals surface area contributed by atoms with Gasteiger partial charge in [-0.15, -0.1) is 0 Å². The fourth-order valence-corrected chi connectivity index (χ4v) is 1.92. The van der Waals surface area contributed by atoms with Crippen molar-refractivity contribution >= 4 is 11.7 Å². The SMILES string of the molecule is COC(=O)C=CCCCC(C)=N[C@H](C)c1ccccc1. The van der Waals surface area contributed by atoms with Crippen LogP contribution in [0.1, 0.15) is 44.7 Å². The number of rotatable bonds is 7. The van der Waals surface area contributed by atoms with Crippen molar-refractivity contribution in [2.75, 3.05) is 7.11 Å². The summed E-state index contributed by atoms with van der Waals surface area (Å²) in [6, 6.07) is 10.5. The summed E-state index contributed by atoms with van der Waals surface area (Å²) in [6.07, 6.45) is 6.12. The van der Waals surface area contributed by atoms with E-state index < -0.39 is 0 Å². The summed E-state index contributed by atoms with van der Waals surface area (Å²) >= 11 is 0. The molecule has 0 unspecified atom stereocenters. The zero-order valence-electron chi connectivity index (χ0n) is 12.5. The number of benzene rings is 1. The van der Waals surface area contributed by atoms with Gasteiger partial charge in [0.2, 0.25) is 0 Å². The van der Waals surface area contributed by atoms with Crippen molar-refractivity contribution in [1.82, 2.24) is 0 Å². The number of hydrogen-bond donors (Lipinski definition) is 0. The Balaban J connectivity index is 2.35. The van der Waals surface area contributed by atoms with Crippen molar-refractivity contribution in [3.05, 3.63) is 48.0 Å². The van der Waals surface area contributed by atoms with E-state index in [1.165, 1.54) is 18.7 Å². The molecular weight excluding hydrogens is 250 g/mol. The molecule has 0 bridgehead atoms. The van der Waals surface area contributed by atoms with E-state index in [2.05, 4.69) is 30.7 Å². The van der Waals surface area contributed by atoms with Crippen LogP contribution in [0, 0.1) is 0 Å². The molecule has 0 aliphatic heterocycles. The highest BCUT2D eigenvalue weighted by Gasteiger charge is 2.02. The molecule has 1 rings (SSSR count). The molecule has 0 heterocycles. The molecule has 0 aromatic heterocycles. The molecular formula is C17H23NO2. The first-order chi connectivity index (χ1) is 9.63. The summed E-state index contributed by atoms with van der Waals surface area (Å²) in [6.45, 7) is 4.17. The number of carbonyl (C=O) groups excluding carboxylic acids is 1. The number of aliphatic imine (C=N–C) groups is 1. The van der Waals surface area contributed by atoms with Gasteiger partial charge in [0.05, 0.1) is 13.2 Å². The van der Waals surface area contributed by atoms with Gasteiger partial charge in [-0.3, -0.25) is 4.99 Å². The lowest BCUT2D eigenvalue weighted by atomic mass is 10.1. The molecule has 0 amide bonds. The van der Waals surface area contributed by atoms with Gasteiger partial charge in [-0.1, -0.05) is 36.4 Å². The Morgan fingerprint density at radius 3 is 2.70 bits per heavy atom. The second kappa shape index (κ2) is 9.08. The van der Waals surface area contributed by atoms with E-state index in [9.17, 15) is 4.79 Å². The molecule has 1 aromatic rings. The average Bonchev–Trinajstić information content (AvgIpc) is 2.47. The Bertz CT molecular complexity index is 463. The first-order valence-electron chi connectivity index (χ1n) is 6.96. The first-order valence-corrected chi connectivity index (χ1v) is 6.96. The molecule has 3 nitrogen and oxygen atoms in total. The van der Waals surface area contributed by atoms with Crippen molar-refractivity contribution in [2.24, 2.45) is 4.99 Å². The Morgan fingerprint density at radius 2 is 2.05 bits per heavy atom. The van der Waals surface area contributed by atoms with E-state index in [0.29, 0.717) is 0 Å². The number of carbonyl (C=O) groups is 1. The van der Waals surface area contributed by atoms with Crippen LogP contribution in [0.15, 0.2) is 47.5 Å². The fourth-order valence-electron chi connectivity index (χ4n) is 1.92. The van der Waals surface area contributed by atoms with Crippen molar-refractivity contribution in [3.63, 3.8) is 0 Å². The van der Waals surface area contributed by atoms with Gasteiger partial charge in [0.25, 0.3) is 0 Å². The van der Waals surface area contributed by atoms with E-state index in [1.54, 1.807) is 0 Å². The van der Waals surface area contributed by atoms with Crippen LogP contribution in [0.5, 0.6) is 0 Å². The Kier molecular flexibility index (Phi) is 7.33. The van der Waals surface area contributed by atoms with Crippen LogP contribution in [0.2, 0.25) is 0 Å². The normalized spacial score (nSPS) is 13.4. The number of hydrogen-bond acceptors (Lipinski definition) is 3. The molecule has 1 atom stereocenters. The summed E-state index contributed by atoms with van der Waals surface area (Å²) in [4.78, 5) is 15.6. The summed E-state index contributed by atoms with van der Waals surface area (Å²) in [5.41, 5.74) is 2.38. The number of unbranched alkanes of at least 4 members (excludes halogenated alkanes) is 1. The van der Waals surface area contributed by atoms with Gasteiger partial charge in [-0.05, 0) is 38.7 Å². The minimum absolute atomic E-state index is 0.196. The van der Waals surface area contributed by atoms with Crippen molar-refractivity contribution < 1.29 is 9.53 Å². The summed E-state index contributed by atoms with van der Waals surface area (Å²) in [5, 5.41) is 0. The lowest BCUT2D eigenvalue weighted by molar-refractivity contribution is -0.134. The monoisotopic (exact) mass is 273 g/mol. The van der Waals surface area contributed by atoms with Gasteiger partial charge < -0.3 is 4.74 Å². The zero-order chi connectivity index (χ0) is 14.8. The van der Waals surface area contributed by atoms with Gasteiger partial charge in [0, 0.05) is 11.8 Å². The number of esters is 1. The molecule has 20 heavy (non-hydrogen) atoms. The maximum Gasteiger partial charge on any atom is 0.330 e. The molecule has 0 aliphatic rings. The third-order valence-corrected chi connectivity index (χ3v) is 3.06. The Labute approximate surface area is 121 Å². The highest BCUT2D eigenvalue weighted by Crippen LogP contribution is 2.16. The first kappa shape index (κ1) is 16.2. The van der Waals surface area contributed by atoms with Crippen molar-refractivity contribution in [3.8, 4) is 0 Å². The van der Waals surface area contributed by atoms with E-state index >= 15 is 0 Å². The van der Waals surface area contributed by atoms with E-state index in [4.69, 9.17) is 4.99 Å². The molecule has 0 spiro atoms. The summed E-state index contributed by atoms with van der Waals surface area (Å²) < 4.78 is 4.53. The van der Waals surface area contributed by atoms with Crippen LogP contribution in [-0.4, -0.2) is 18.8 Å². The molecule has 0 aliphatic carbocycles. The number of ether oxygens (including phenoxy) is 1. The predicted octanol–water partition coefficient (Wildman–Crippen LogP) is 4.11. The largest absolute Gasteiger partial charge is 0.466 e. The fraction of sp³-hybridized carbons (Fsp3) is 0.412. The highest BCUT2D eigenvalue weighted by molar-refractivity contribution is 5.82. The molecule has 0 N–H and O–H groups in total. The van der Waals surface area contributed by atoms with Crippen molar-refractivity contribution in [2.45, 2.75) is 39.2 Å². The highest BCUT2D eigenvalue weighted by atomic mass is 16.5. The summed E-state index contributed by atoms with van der Waals surface area (Å²) in [7, 11) is 1.38. The standard InChI is InChI=1S/C17H23NO2/c1-14(10-6-4-9-13-17(19)20-3)18-15(2)16-11-7-5-8-12-16/h5,7-9,11-13,15H,4,6,10H2,1-3H3/t15-/m1/s1. The van der Waals surface area contributed by atoms with Crippen LogP contribution in [-0.2, 0) is 9.53 Å². The molecule has 0 saturated carbocycles. The number of allylic oxidation sites excluding steroid dienone is 1. The van der Waals surface area contributed by atoms with Gasteiger partial charge in [0.1, 0.15) is 0 Å². The van der Waals surface area contributed by atoms with Gasteiger partial charge >= 0.3 is 5.97 Å². The third kappa shape index (κ3) is 6.32. The van der Waals surface area contributed by atoms with E-state index in [-0.39, 0.29) is 12.0 Å². The lowest BCUT2D eigenvalue weighted by Gasteiger charge is -2.08. The van der Waals surface area contributed by atoms with Crippen LogP contribution >= 0.6 is 0 Å². The molecule has 0 saturated heterocycles. The second-order valence-electron chi connectivity index (χ2n) is 4.77. The van der Waals surface area contributed by atoms with Crippen LogP contribution in [0.3, 0.4) is 0 Å². The predicted molar refractivity (Wildman–Crippen MR) is 83.0 cm³/mol. The maximum absolute atomic E-state index is 10.9. The van der Waals surface area contributed by atoms with Crippen LogP contribution in [0.25, 0.3) is 0 Å². The van der Waals surface area contributed by atoms with Gasteiger partial charge in [-0.25, -0.2) is 4.79 Å². The van der Waals surface area contributed by atoms with E-state index in [1.807, 2.05) is 24.3 Å². The topological polar surface area (TPSA) is 38.7 Å². The molecule has 0 fully saturated rings. The Hall–Kier alpha value is -1.90. The minimum Gasteiger partial charge on any atom is -0.466 e. The maximum atomic E-state index is 10.9. The molecule has 0 radical (unpaired) electrons. The number of nitrogens with zero attached hydrogens (tertiary/aromatic N) is 1. The Morgan fingerprint density at radius 1 is 1.35 bits per heavy atom. The molecule has 1 aromatic carbocycles. The minimum atomic E-state index is -0.298. The number of methoxy groups -OCH3 is 1.